The molecule has 1 nitrogen and oxygen atoms in total. The lowest BCUT2D eigenvalue weighted by Gasteiger charge is -2.47. The van der Waals surface area contributed by atoms with E-state index < -0.39 is 8.07 Å². The first-order valence-corrected chi connectivity index (χ1v) is 24.4. The summed E-state index contributed by atoms with van der Waals surface area (Å²) < 4.78 is 6.53. The largest absolute Gasteiger partial charge is 0.456 e. The molecule has 64 heavy (non-hydrogen) atoms. The van der Waals surface area contributed by atoms with Crippen LogP contribution in [0.5, 0.6) is 0 Å². The fraction of sp³-hybridized carbons (Fsp3) is 0.0323. The molecular formula is C62H42OSi. The maximum atomic E-state index is 6.53. The van der Waals surface area contributed by atoms with Crippen molar-refractivity contribution in [3.63, 3.8) is 0 Å². The lowest BCUT2D eigenvalue weighted by molar-refractivity contribution is 0.669. The van der Waals surface area contributed by atoms with Crippen molar-refractivity contribution < 1.29 is 4.42 Å². The molecule has 1 aromatic heterocycles. The fourth-order valence-corrected chi connectivity index (χ4v) is 16.7. The van der Waals surface area contributed by atoms with Gasteiger partial charge in [0.1, 0.15) is 11.2 Å². The van der Waals surface area contributed by atoms with Crippen molar-refractivity contribution in [3.8, 4) is 33.4 Å². The summed E-state index contributed by atoms with van der Waals surface area (Å²) in [5.41, 5.74) is 17.7. The summed E-state index contributed by atoms with van der Waals surface area (Å²) in [6.45, 7) is 0. The first-order chi connectivity index (χ1) is 31.8. The van der Waals surface area contributed by atoms with E-state index in [-0.39, 0.29) is 11.8 Å². The zero-order valence-corrected chi connectivity index (χ0v) is 36.2. The molecule has 2 unspecified atom stereocenters. The van der Waals surface area contributed by atoms with Crippen LogP contribution in [0.25, 0.3) is 55.3 Å². The normalized spacial score (nSPS) is 14.9. The highest BCUT2D eigenvalue weighted by Crippen LogP contribution is 2.57. The number of rotatable bonds is 7. The second-order valence-electron chi connectivity index (χ2n) is 17.4. The van der Waals surface area contributed by atoms with Gasteiger partial charge in [0, 0.05) is 22.6 Å². The minimum Gasteiger partial charge on any atom is -0.456 e. The van der Waals surface area contributed by atoms with E-state index in [0.29, 0.717) is 0 Å². The van der Waals surface area contributed by atoms with E-state index in [9.17, 15) is 0 Å². The van der Waals surface area contributed by atoms with Crippen molar-refractivity contribution >= 4 is 50.8 Å². The second kappa shape index (κ2) is 14.7. The van der Waals surface area contributed by atoms with Crippen molar-refractivity contribution in [2.45, 2.75) is 11.8 Å². The Morgan fingerprint density at radius 2 is 0.797 bits per heavy atom. The van der Waals surface area contributed by atoms with Gasteiger partial charge in [-0.15, -0.1) is 0 Å². The third-order valence-electron chi connectivity index (χ3n) is 14.2. The van der Waals surface area contributed by atoms with Gasteiger partial charge in [-0.05, 0) is 106 Å². The monoisotopic (exact) mass is 830 g/mol. The first kappa shape index (κ1) is 36.8. The minimum atomic E-state index is -3.15. The molecule has 0 amide bonds. The number of hydrogen-bond donors (Lipinski definition) is 0. The van der Waals surface area contributed by atoms with Crippen molar-refractivity contribution in [2.75, 3.05) is 0 Å². The highest BCUT2D eigenvalue weighted by Gasteiger charge is 2.50. The van der Waals surface area contributed by atoms with E-state index in [0.717, 1.165) is 21.9 Å². The Morgan fingerprint density at radius 1 is 0.297 bits per heavy atom. The second-order valence-corrected chi connectivity index (χ2v) is 21.2. The van der Waals surface area contributed by atoms with Gasteiger partial charge < -0.3 is 4.42 Å². The molecule has 3 aliphatic rings. The van der Waals surface area contributed by atoms with Gasteiger partial charge in [0.05, 0.1) is 0 Å². The van der Waals surface area contributed by atoms with Crippen LogP contribution < -0.4 is 20.7 Å². The average Bonchev–Trinajstić information content (AvgIpc) is 3.75. The molecule has 0 radical (unpaired) electrons. The number of para-hydroxylation sites is 1. The zero-order chi connectivity index (χ0) is 42.2. The summed E-state index contributed by atoms with van der Waals surface area (Å²) in [6.07, 6.45) is 0. The summed E-state index contributed by atoms with van der Waals surface area (Å²) in [6, 6.07) is 91.1. The highest BCUT2D eigenvalue weighted by molar-refractivity contribution is 7.20. The van der Waals surface area contributed by atoms with Crippen LogP contribution in [0.3, 0.4) is 0 Å². The topological polar surface area (TPSA) is 13.1 Å². The molecule has 0 N–H and O–H groups in total. The Morgan fingerprint density at radius 3 is 1.48 bits per heavy atom. The van der Waals surface area contributed by atoms with E-state index in [1.165, 1.54) is 87.5 Å². The SMILES string of the molecule is c1ccc(-c2cccc([Si](c3ccccc3)(c3cccc(-c4ccccc4)c3)c3cccc4c3C3c5ccccc5C4c4cccc(-c5ccc6c(c5)oc5ccccc56)c43)c2)cc1. The third-order valence-corrected chi connectivity index (χ3v) is 19.0. The van der Waals surface area contributed by atoms with Gasteiger partial charge in [0.2, 0.25) is 0 Å². The molecule has 14 rings (SSSR count). The summed E-state index contributed by atoms with van der Waals surface area (Å²) in [4.78, 5) is 0. The van der Waals surface area contributed by atoms with Crippen molar-refractivity contribution in [1.82, 2.24) is 0 Å². The molecular weight excluding hydrogens is 789 g/mol. The molecule has 10 aromatic carbocycles. The van der Waals surface area contributed by atoms with E-state index in [1.54, 1.807) is 0 Å². The lowest BCUT2D eigenvalue weighted by atomic mass is 9.60. The van der Waals surface area contributed by atoms with E-state index in [1.807, 2.05) is 0 Å². The van der Waals surface area contributed by atoms with E-state index in [4.69, 9.17) is 4.42 Å². The van der Waals surface area contributed by atoms with Crippen LogP contribution in [0.4, 0.5) is 0 Å². The predicted octanol–water partition coefficient (Wildman–Crippen LogP) is 13.0. The van der Waals surface area contributed by atoms with Gasteiger partial charge in [-0.25, -0.2) is 0 Å². The van der Waals surface area contributed by atoms with Crippen molar-refractivity contribution in [2.24, 2.45) is 0 Å². The third kappa shape index (κ3) is 5.49. The molecule has 1 heterocycles. The molecule has 2 atom stereocenters. The van der Waals surface area contributed by atoms with Gasteiger partial charge in [-0.2, -0.15) is 0 Å². The Balaban J connectivity index is 1.13. The van der Waals surface area contributed by atoms with Crippen molar-refractivity contribution in [1.29, 1.82) is 0 Å². The summed E-state index contributed by atoms with van der Waals surface area (Å²) in [5, 5.41) is 7.87. The number of hydrogen-bond acceptors (Lipinski definition) is 1. The van der Waals surface area contributed by atoms with Gasteiger partial charge in [0.15, 0.2) is 8.07 Å². The summed E-state index contributed by atoms with van der Waals surface area (Å²) in [7, 11) is -3.15. The summed E-state index contributed by atoms with van der Waals surface area (Å²) in [5.74, 6) is 0.102. The Kier molecular flexibility index (Phi) is 8.44. The molecule has 0 aliphatic heterocycles. The average molecular weight is 831 g/mol. The molecule has 0 saturated carbocycles. The van der Waals surface area contributed by atoms with Crippen LogP contribution in [-0.4, -0.2) is 8.07 Å². The molecule has 300 valence electrons. The van der Waals surface area contributed by atoms with Gasteiger partial charge >= 0.3 is 0 Å². The molecule has 11 aromatic rings. The fourth-order valence-electron chi connectivity index (χ4n) is 11.6. The molecule has 0 spiro atoms. The van der Waals surface area contributed by atoms with Crippen LogP contribution in [0, 0.1) is 0 Å². The first-order valence-electron chi connectivity index (χ1n) is 22.4. The van der Waals surface area contributed by atoms with E-state index >= 15 is 0 Å². The smallest absolute Gasteiger partial charge is 0.179 e. The van der Waals surface area contributed by atoms with Gasteiger partial charge in [0.25, 0.3) is 0 Å². The van der Waals surface area contributed by atoms with Gasteiger partial charge in [-0.1, -0.05) is 224 Å². The number of furan rings is 1. The highest BCUT2D eigenvalue weighted by atomic mass is 28.3. The quantitative estimate of drug-likeness (QED) is 0.115. The Bertz CT molecular complexity index is 3490. The van der Waals surface area contributed by atoms with Crippen LogP contribution in [0.1, 0.15) is 45.2 Å². The molecule has 2 bridgehead atoms. The van der Waals surface area contributed by atoms with Crippen LogP contribution >= 0.6 is 0 Å². The molecule has 2 heteroatoms. The lowest BCUT2D eigenvalue weighted by Crippen LogP contribution is -2.75. The van der Waals surface area contributed by atoms with E-state index in [2.05, 4.69) is 243 Å². The molecule has 3 aliphatic carbocycles. The zero-order valence-electron chi connectivity index (χ0n) is 35.2. The van der Waals surface area contributed by atoms with Crippen LogP contribution in [0.15, 0.2) is 247 Å². The van der Waals surface area contributed by atoms with Crippen molar-refractivity contribution in [3.05, 3.63) is 276 Å². The Labute approximate surface area is 374 Å². The molecule has 0 fully saturated rings. The Hall–Kier alpha value is -7.78. The minimum absolute atomic E-state index is 0.00942. The van der Waals surface area contributed by atoms with Crippen LogP contribution in [-0.2, 0) is 0 Å². The number of benzene rings is 10. The standard InChI is InChI=1S/C62H42OSi/c1-4-18-41(19-5-1)43-22-14-26-47(38-43)64(46-24-8-3-9-25-46,48-27-15-23-44(39-48)42-20-6-2-7-21-42)58-35-17-33-55-59-52-29-10-11-30-53(52)62(61(55)58)60-49(31-16-32-54(59)60)45-36-37-51-50-28-12-13-34-56(50)63-57(51)40-45/h1-40,59,62H. The van der Waals surface area contributed by atoms with Crippen LogP contribution in [0.2, 0.25) is 0 Å². The maximum absolute atomic E-state index is 6.53. The predicted molar refractivity (Wildman–Crippen MR) is 268 cm³/mol. The summed E-state index contributed by atoms with van der Waals surface area (Å²) >= 11 is 0. The molecule has 0 saturated heterocycles. The number of fused-ring (bicyclic) bond motifs is 3. The van der Waals surface area contributed by atoms with Gasteiger partial charge in [-0.3, -0.25) is 0 Å². The maximum Gasteiger partial charge on any atom is 0.179 e.